The van der Waals surface area contributed by atoms with Gasteiger partial charge in [0.25, 0.3) is 0 Å². The van der Waals surface area contributed by atoms with Crippen LogP contribution in [0.3, 0.4) is 0 Å². The van der Waals surface area contributed by atoms with Crippen LogP contribution in [-0.2, 0) is 0 Å². The molecule has 9 N–H and O–H groups in total. The fourth-order valence-electron chi connectivity index (χ4n) is 6.35. The molecule has 1 saturated carbocycles. The highest BCUT2D eigenvalue weighted by molar-refractivity contribution is 6.21. The largest absolute Gasteiger partial charge is 0.412 e. The number of urea groups is 1. The molecule has 1 heterocycles. The molecule has 0 spiro atoms. The van der Waals surface area contributed by atoms with Crippen LogP contribution in [0.5, 0.6) is 0 Å². The van der Waals surface area contributed by atoms with Gasteiger partial charge in [0.1, 0.15) is 0 Å². The predicted molar refractivity (Wildman–Crippen MR) is 155 cm³/mol. The first-order valence-corrected chi connectivity index (χ1v) is 13.8. The van der Waals surface area contributed by atoms with Gasteiger partial charge in [-0.25, -0.2) is 4.79 Å². The van der Waals surface area contributed by atoms with Gasteiger partial charge in [0, 0.05) is 32.3 Å². The van der Waals surface area contributed by atoms with Crippen LogP contribution in [-0.4, -0.2) is 76.7 Å². The molecule has 0 bridgehead atoms. The van der Waals surface area contributed by atoms with E-state index in [0.717, 1.165) is 58.3 Å². The smallest absolute Gasteiger partial charge is 0.315 e. The fraction of sp³-hybridized carbons (Fsp3) is 0.893. The van der Waals surface area contributed by atoms with Crippen molar-refractivity contribution in [2.75, 3.05) is 32.8 Å². The summed E-state index contributed by atoms with van der Waals surface area (Å²) in [5.41, 5.74) is 0.254. The zero-order valence-electron chi connectivity index (χ0n) is 22.9. The number of piperidine rings is 1. The van der Waals surface area contributed by atoms with Gasteiger partial charge in [0.15, 0.2) is 0 Å². The van der Waals surface area contributed by atoms with E-state index >= 15 is 0 Å². The lowest BCUT2D eigenvalue weighted by molar-refractivity contribution is 0.0227. The minimum atomic E-state index is -0.0323. The van der Waals surface area contributed by atoms with Crippen molar-refractivity contribution in [3.8, 4) is 0 Å². The molecule has 4 atom stereocenters. The molecule has 0 aromatic heterocycles. The molecule has 3 unspecified atom stereocenters. The van der Waals surface area contributed by atoms with Crippen LogP contribution in [0.4, 0.5) is 4.79 Å². The number of hydrogen-bond acceptors (Lipinski definition) is 3. The second kappa shape index (κ2) is 17.6. The van der Waals surface area contributed by atoms with Gasteiger partial charge in [-0.15, -0.1) is 11.6 Å². The number of halogens is 1. The average Bonchev–Trinajstić information content (AvgIpc) is 2.78. The Morgan fingerprint density at radius 3 is 2.16 bits per heavy atom. The molecule has 3 aliphatic rings. The monoisotopic (exact) mass is 551 g/mol. The number of aliphatic hydroxyl groups is 1. The number of rotatable bonds is 8. The van der Waals surface area contributed by atoms with Crippen molar-refractivity contribution < 1.29 is 26.3 Å². The van der Waals surface area contributed by atoms with Crippen molar-refractivity contribution in [3.05, 3.63) is 12.2 Å². The summed E-state index contributed by atoms with van der Waals surface area (Å²) in [6.45, 7) is 13.4. The normalized spacial score (nSPS) is 30.0. The minimum Gasteiger partial charge on any atom is -0.412 e. The van der Waals surface area contributed by atoms with Gasteiger partial charge in [-0.3, -0.25) is 0 Å². The highest BCUT2D eigenvalue weighted by Crippen LogP contribution is 2.43. The highest BCUT2D eigenvalue weighted by atomic mass is 35.5. The number of amides is 2. The van der Waals surface area contributed by atoms with E-state index in [-0.39, 0.29) is 46.7 Å². The molecule has 0 aromatic rings. The van der Waals surface area contributed by atoms with E-state index in [1.807, 2.05) is 0 Å². The van der Waals surface area contributed by atoms with Crippen LogP contribution in [0.15, 0.2) is 12.2 Å². The van der Waals surface area contributed by atoms with Gasteiger partial charge in [-0.1, -0.05) is 47.3 Å². The second-order valence-electron chi connectivity index (χ2n) is 12.0. The molecule has 2 aliphatic carbocycles. The summed E-state index contributed by atoms with van der Waals surface area (Å²) >= 11 is 6.28. The standard InChI is InChI=1S/C27H48ClN3O2.CH4.3H2O/c1-19(2)25(30-26(33)29-15-20-5-7-21(17-32)8-6-20)16-31-14-13-24(27(3,4)18-31)22-9-11-23(28)12-10-22;;;;/h9,11,19-25,32H,5-8,10,12-18H2,1-4H3,(H2,29,30,33);1H4;3*1H2/t20?,21?,22?,23?,24?,25-;;;;/m0..../s1. The van der Waals surface area contributed by atoms with E-state index in [1.165, 1.54) is 12.8 Å². The third kappa shape index (κ3) is 11.4. The van der Waals surface area contributed by atoms with Gasteiger partial charge >= 0.3 is 6.03 Å². The quantitative estimate of drug-likeness (QED) is 0.312. The number of aliphatic hydroxyl groups excluding tert-OH is 1. The zero-order chi connectivity index (χ0) is 24.0. The number of alkyl halides is 1. The summed E-state index contributed by atoms with van der Waals surface area (Å²) < 4.78 is 0. The summed E-state index contributed by atoms with van der Waals surface area (Å²) in [7, 11) is 0. The Labute approximate surface area is 230 Å². The molecule has 0 radical (unpaired) electrons. The third-order valence-electron chi connectivity index (χ3n) is 8.60. The number of carbonyl (C=O) groups is 1. The Bertz CT molecular complexity index is 656. The molecule has 222 valence electrons. The third-order valence-corrected chi connectivity index (χ3v) is 8.97. The van der Waals surface area contributed by atoms with Gasteiger partial charge in [0.2, 0.25) is 0 Å². The molecular weight excluding hydrogens is 494 g/mol. The summed E-state index contributed by atoms with van der Waals surface area (Å²) in [5.74, 6) is 2.73. The highest BCUT2D eigenvalue weighted by Gasteiger charge is 2.40. The lowest BCUT2D eigenvalue weighted by Gasteiger charge is -2.48. The second-order valence-corrected chi connectivity index (χ2v) is 12.6. The summed E-state index contributed by atoms with van der Waals surface area (Å²) in [6, 6.07) is 0.115. The van der Waals surface area contributed by atoms with Crippen LogP contribution < -0.4 is 10.6 Å². The Morgan fingerprint density at radius 2 is 1.65 bits per heavy atom. The SMILES string of the molecule is C.CC(C)[C@H](CN1CCC(C2C=CC(Cl)CC2)C(C)(C)C1)NC(=O)NCC1CCC(CO)CC1.O.O.O. The van der Waals surface area contributed by atoms with Crippen LogP contribution in [0.1, 0.15) is 80.1 Å². The Balaban J connectivity index is 0. The Morgan fingerprint density at radius 1 is 1.03 bits per heavy atom. The Hall–Kier alpha value is -0.900. The maximum absolute atomic E-state index is 12.7. The molecular formula is C28H58ClN3O5. The molecule has 2 fully saturated rings. The number of nitrogens with one attached hydrogen (secondary N) is 2. The van der Waals surface area contributed by atoms with Crippen molar-refractivity contribution in [3.63, 3.8) is 0 Å². The van der Waals surface area contributed by atoms with Gasteiger partial charge in [-0.2, -0.15) is 0 Å². The summed E-state index contributed by atoms with van der Waals surface area (Å²) in [5, 5.41) is 15.9. The van der Waals surface area contributed by atoms with Gasteiger partial charge < -0.3 is 37.1 Å². The number of likely N-dealkylation sites (tertiary alicyclic amines) is 1. The lowest BCUT2D eigenvalue weighted by Crippen LogP contribution is -2.55. The minimum absolute atomic E-state index is 0. The topological polar surface area (TPSA) is 159 Å². The van der Waals surface area contributed by atoms with E-state index in [0.29, 0.717) is 36.2 Å². The first-order chi connectivity index (χ1) is 15.7. The number of allylic oxidation sites excluding steroid dienone is 2. The van der Waals surface area contributed by atoms with Crippen molar-refractivity contribution in [1.29, 1.82) is 0 Å². The van der Waals surface area contributed by atoms with E-state index in [1.54, 1.807) is 0 Å². The molecule has 9 heteroatoms. The van der Waals surface area contributed by atoms with E-state index in [2.05, 4.69) is 55.4 Å². The van der Waals surface area contributed by atoms with Crippen LogP contribution >= 0.6 is 11.6 Å². The van der Waals surface area contributed by atoms with Crippen LogP contribution in [0.2, 0.25) is 0 Å². The van der Waals surface area contributed by atoms with Crippen LogP contribution in [0.25, 0.3) is 0 Å². The predicted octanol–water partition coefficient (Wildman–Crippen LogP) is 3.19. The van der Waals surface area contributed by atoms with Crippen molar-refractivity contribution >= 4 is 17.6 Å². The summed E-state index contributed by atoms with van der Waals surface area (Å²) in [4.78, 5) is 15.2. The van der Waals surface area contributed by atoms with E-state index < -0.39 is 0 Å². The van der Waals surface area contributed by atoms with Crippen LogP contribution in [0, 0.1) is 35.0 Å². The van der Waals surface area contributed by atoms with E-state index in [9.17, 15) is 9.90 Å². The number of hydrogen-bond donors (Lipinski definition) is 3. The molecule has 3 rings (SSSR count). The first kappa shape index (κ1) is 38.2. The van der Waals surface area contributed by atoms with E-state index in [4.69, 9.17) is 11.6 Å². The average molecular weight is 552 g/mol. The summed E-state index contributed by atoms with van der Waals surface area (Å²) in [6.07, 6.45) is 12.4. The Kier molecular flexibility index (Phi) is 18.2. The molecule has 8 nitrogen and oxygen atoms in total. The number of carbonyl (C=O) groups excluding carboxylic acids is 1. The lowest BCUT2D eigenvalue weighted by atomic mass is 9.65. The molecule has 37 heavy (non-hydrogen) atoms. The maximum atomic E-state index is 12.7. The molecule has 0 aromatic carbocycles. The molecule has 1 saturated heterocycles. The van der Waals surface area contributed by atoms with Crippen molar-refractivity contribution in [2.24, 2.45) is 35.0 Å². The zero-order valence-corrected chi connectivity index (χ0v) is 23.6. The first-order valence-electron chi connectivity index (χ1n) is 13.4. The fourth-order valence-corrected chi connectivity index (χ4v) is 6.56. The molecule has 1 aliphatic heterocycles. The van der Waals surface area contributed by atoms with Gasteiger partial charge in [0.05, 0.1) is 5.38 Å². The maximum Gasteiger partial charge on any atom is 0.315 e. The van der Waals surface area contributed by atoms with Crippen molar-refractivity contribution in [2.45, 2.75) is 91.5 Å². The van der Waals surface area contributed by atoms with Gasteiger partial charge in [-0.05, 0) is 86.5 Å². The van der Waals surface area contributed by atoms with Crippen molar-refractivity contribution in [1.82, 2.24) is 15.5 Å². The number of nitrogens with zero attached hydrogens (tertiary/aromatic N) is 1. The molecule has 2 amide bonds.